The Labute approximate surface area is 416 Å². The molecule has 2 saturated carbocycles. The Bertz CT molecular complexity index is 3020. The van der Waals surface area contributed by atoms with Crippen molar-refractivity contribution in [1.29, 1.82) is 5.41 Å². The number of urea groups is 1. The number of piperazine rings is 1. The topological polar surface area (TPSA) is 185 Å². The van der Waals surface area contributed by atoms with Gasteiger partial charge in [-0.25, -0.2) is 18.6 Å². The number of carbonyl (C=O) groups is 2. The third-order valence-electron chi connectivity index (χ3n) is 15.4. The van der Waals surface area contributed by atoms with Crippen molar-refractivity contribution in [2.75, 3.05) is 108 Å². The van der Waals surface area contributed by atoms with Crippen molar-refractivity contribution in [3.63, 3.8) is 0 Å². The van der Waals surface area contributed by atoms with Crippen LogP contribution in [0.25, 0.3) is 32.9 Å². The normalized spacial score (nSPS) is 21.5. The number of benzene rings is 3. The van der Waals surface area contributed by atoms with E-state index in [9.17, 15) is 14.7 Å². The Kier molecular flexibility index (Phi) is 12.7. The first kappa shape index (κ1) is 47.4. The summed E-state index contributed by atoms with van der Waals surface area (Å²) in [6.45, 7) is 9.44. The van der Waals surface area contributed by atoms with Crippen LogP contribution in [0.1, 0.15) is 56.1 Å². The number of hydrogen-bond donors (Lipinski definition) is 4. The minimum absolute atomic E-state index is 0.0318. The second-order valence-electron chi connectivity index (χ2n) is 20.1. The van der Waals surface area contributed by atoms with Gasteiger partial charge in [0.2, 0.25) is 11.8 Å². The fraction of sp³-hybridized carbons (Fsp3) is 0.472. The Morgan fingerprint density at radius 1 is 1.00 bits per heavy atom. The van der Waals surface area contributed by atoms with Crippen molar-refractivity contribution in [1.82, 2.24) is 35.0 Å². The largest absolute Gasteiger partial charge is 0.508 e. The Balaban J connectivity index is 0.748. The second-order valence-corrected chi connectivity index (χ2v) is 20.1. The van der Waals surface area contributed by atoms with Crippen molar-refractivity contribution in [3.8, 4) is 41.2 Å². The van der Waals surface area contributed by atoms with Crippen LogP contribution in [0.5, 0.6) is 17.6 Å². The first-order valence-electron chi connectivity index (χ1n) is 25.0. The summed E-state index contributed by atoms with van der Waals surface area (Å²) in [5.41, 5.74) is 2.10. The van der Waals surface area contributed by atoms with Gasteiger partial charge in [0.05, 0.1) is 31.4 Å². The molecule has 0 radical (unpaired) electrons. The number of piperidine rings is 1. The van der Waals surface area contributed by atoms with Gasteiger partial charge in [-0.05, 0) is 86.2 Å². The lowest BCUT2D eigenvalue weighted by Crippen LogP contribution is -2.52. The van der Waals surface area contributed by atoms with Crippen molar-refractivity contribution in [2.45, 2.75) is 57.1 Å². The molecule has 6 heterocycles. The van der Waals surface area contributed by atoms with Crippen molar-refractivity contribution >= 4 is 56.6 Å². The number of nitrogens with one attached hydrogen (secondary N) is 3. The lowest BCUT2D eigenvalue weighted by atomic mass is 9.95. The molecule has 19 heteroatoms. The summed E-state index contributed by atoms with van der Waals surface area (Å²) >= 11 is 0. The fourth-order valence-corrected chi connectivity index (χ4v) is 11.2. The molecule has 2 unspecified atom stereocenters. The number of aromatic nitrogens is 3. The molecule has 0 bridgehead atoms. The molecule has 72 heavy (non-hydrogen) atoms. The maximum Gasteiger partial charge on any atom is 0.329 e. The summed E-state index contributed by atoms with van der Waals surface area (Å²) < 4.78 is 51.0. The lowest BCUT2D eigenvalue weighted by molar-refractivity contribution is -0.121. The first-order valence-corrected chi connectivity index (χ1v) is 25.0. The van der Waals surface area contributed by atoms with Crippen molar-refractivity contribution < 1.29 is 37.7 Å². The standard InChI is InChI=1S/C53H59F2N11O6/c1-4-35-38(54)9-6-32-24-34(67)26-37(43(32)35)46-45(55)47-44(50(59-46)70-3)49(65-15-5-23-71-41-27-40(41)65)61-51(60-47)72-30-53(13-14-53)29-63-21-19-62(20-22-63)28-31-10-16-64(17-11-31)33-7-8-36(39(25-33)57-2)48(56)66-18-12-42(68)58-52(66)69/h1,6-9,24-26,31,40-41,56-57,67H,5,10-23,27-30H2,2-3H3,(H,58,68,69). The van der Waals surface area contributed by atoms with Crippen molar-refractivity contribution in [2.24, 2.45) is 11.3 Å². The molecule has 3 aromatic carbocycles. The molecular formula is C53H59F2N11O6. The van der Waals surface area contributed by atoms with Crippen LogP contribution >= 0.6 is 0 Å². The van der Waals surface area contributed by atoms with E-state index in [1.54, 1.807) is 0 Å². The van der Waals surface area contributed by atoms with E-state index in [0.717, 1.165) is 102 Å². The Hall–Kier alpha value is -6.88. The van der Waals surface area contributed by atoms with E-state index in [2.05, 4.69) is 41.1 Å². The molecule has 6 fully saturated rings. The SMILES string of the molecule is C#Cc1c(F)ccc2cc(O)cc(-c3nc(OC)c4c(N5CCCOC6CC65)nc(OCC5(CN6CCN(CC7CCN(c8ccc(C(=N)N9CCC(=O)NC9=O)c(NC)c8)CC7)CC6)CC5)nc4c3F)c12. The number of halogens is 2. The quantitative estimate of drug-likeness (QED) is 0.0595. The highest BCUT2D eigenvalue weighted by Gasteiger charge is 2.47. The van der Waals surface area contributed by atoms with Gasteiger partial charge in [0, 0.05) is 119 Å². The number of pyridine rings is 1. The molecule has 376 valence electrons. The smallest absolute Gasteiger partial charge is 0.329 e. The molecule has 2 atom stereocenters. The summed E-state index contributed by atoms with van der Waals surface area (Å²) in [6.07, 6.45) is 11.7. The van der Waals surface area contributed by atoms with Gasteiger partial charge >= 0.3 is 12.0 Å². The molecule has 0 spiro atoms. The predicted octanol–water partition coefficient (Wildman–Crippen LogP) is 6.19. The van der Waals surface area contributed by atoms with Gasteiger partial charge < -0.3 is 44.2 Å². The number of fused-ring (bicyclic) bond motifs is 3. The molecule has 2 aliphatic carbocycles. The number of hydrogen-bond acceptors (Lipinski definition) is 15. The zero-order valence-electron chi connectivity index (χ0n) is 40.6. The molecule has 17 nitrogen and oxygen atoms in total. The maximum absolute atomic E-state index is 17.4. The monoisotopic (exact) mass is 983 g/mol. The molecule has 3 amide bonds. The Morgan fingerprint density at radius 3 is 2.53 bits per heavy atom. The number of aromatic hydroxyl groups is 1. The molecule has 5 aromatic rings. The van der Waals surface area contributed by atoms with E-state index in [1.165, 1.54) is 36.3 Å². The lowest BCUT2D eigenvalue weighted by Gasteiger charge is -2.40. The zero-order valence-corrected chi connectivity index (χ0v) is 40.6. The number of phenols is 1. The predicted molar refractivity (Wildman–Crippen MR) is 269 cm³/mol. The average Bonchev–Trinajstić information content (AvgIpc) is 4.33. The van der Waals surface area contributed by atoms with Crippen LogP contribution in [0.4, 0.5) is 30.8 Å². The molecule has 4 aliphatic heterocycles. The number of terminal acetylenes is 1. The second kappa shape index (κ2) is 19.3. The Morgan fingerprint density at radius 2 is 1.79 bits per heavy atom. The molecule has 4 N–H and O–H groups in total. The van der Waals surface area contributed by atoms with Crippen LogP contribution in [0.2, 0.25) is 0 Å². The number of nitrogens with zero attached hydrogens (tertiary/aromatic N) is 8. The first-order chi connectivity index (χ1) is 34.9. The number of ether oxygens (including phenoxy) is 3. The van der Waals surface area contributed by atoms with Gasteiger partial charge in [-0.1, -0.05) is 12.0 Å². The van der Waals surface area contributed by atoms with Gasteiger partial charge in [-0.15, -0.1) is 6.42 Å². The highest BCUT2D eigenvalue weighted by Crippen LogP contribution is 2.48. The van der Waals surface area contributed by atoms with E-state index >= 15 is 8.78 Å². The molecule has 6 aliphatic rings. The summed E-state index contributed by atoms with van der Waals surface area (Å²) in [5.74, 6) is 1.62. The van der Waals surface area contributed by atoms with Gasteiger partial charge in [-0.2, -0.15) is 9.97 Å². The molecular weight excluding hydrogens is 925 g/mol. The summed E-state index contributed by atoms with van der Waals surface area (Å²) in [5, 5.41) is 26.0. The number of amides is 3. The van der Waals surface area contributed by atoms with Crippen LogP contribution in [-0.4, -0.2) is 157 Å². The summed E-state index contributed by atoms with van der Waals surface area (Å²) in [6, 6.07) is 10.9. The third kappa shape index (κ3) is 9.15. The minimum atomic E-state index is -0.805. The number of amidine groups is 1. The van der Waals surface area contributed by atoms with E-state index in [1.807, 2.05) is 25.2 Å². The average molecular weight is 984 g/mol. The highest BCUT2D eigenvalue weighted by molar-refractivity contribution is 6.13. The number of carbonyl (C=O) groups excluding carboxylic acids is 2. The number of rotatable bonds is 13. The fourth-order valence-electron chi connectivity index (χ4n) is 11.2. The van der Waals surface area contributed by atoms with Gasteiger partial charge in [0.1, 0.15) is 39.8 Å². The molecule has 2 aromatic heterocycles. The number of anilines is 3. The van der Waals surface area contributed by atoms with E-state index < -0.39 is 17.7 Å². The number of methoxy groups -OCH3 is 1. The van der Waals surface area contributed by atoms with Crippen LogP contribution in [0.3, 0.4) is 0 Å². The maximum atomic E-state index is 17.4. The zero-order chi connectivity index (χ0) is 49.8. The van der Waals surface area contributed by atoms with Crippen molar-refractivity contribution in [3.05, 3.63) is 65.2 Å². The molecule has 4 saturated heterocycles. The minimum Gasteiger partial charge on any atom is -0.508 e. The van der Waals surface area contributed by atoms with Gasteiger partial charge in [0.25, 0.3) is 0 Å². The van der Waals surface area contributed by atoms with Gasteiger partial charge in [-0.3, -0.25) is 20.4 Å². The van der Waals surface area contributed by atoms with Crippen LogP contribution < -0.4 is 29.9 Å². The van der Waals surface area contributed by atoms with E-state index in [0.29, 0.717) is 42.4 Å². The summed E-state index contributed by atoms with van der Waals surface area (Å²) in [7, 11) is 3.26. The number of imide groups is 1. The van der Waals surface area contributed by atoms with Crippen LogP contribution in [-0.2, 0) is 9.53 Å². The number of phenolic OH excluding ortho intramolecular Hbond substituents is 1. The molecule has 11 rings (SSSR count). The van der Waals surface area contributed by atoms with E-state index in [4.69, 9.17) is 36.0 Å². The highest BCUT2D eigenvalue weighted by atomic mass is 19.1. The summed E-state index contributed by atoms with van der Waals surface area (Å²) in [4.78, 5) is 49.4. The van der Waals surface area contributed by atoms with E-state index in [-0.39, 0.29) is 93.0 Å². The van der Waals surface area contributed by atoms with Gasteiger partial charge in [0.15, 0.2) is 5.82 Å². The van der Waals surface area contributed by atoms with Crippen LogP contribution in [0, 0.1) is 40.7 Å². The third-order valence-corrected chi connectivity index (χ3v) is 15.4. The van der Waals surface area contributed by atoms with Crippen LogP contribution in [0.15, 0.2) is 42.5 Å².